The van der Waals surface area contributed by atoms with Gasteiger partial charge in [-0.25, -0.2) is 4.39 Å². The molecule has 0 aliphatic rings. The number of halogens is 1. The molecule has 4 heteroatoms. The van der Waals surface area contributed by atoms with E-state index in [0.29, 0.717) is 12.3 Å². The van der Waals surface area contributed by atoms with Crippen molar-refractivity contribution in [1.29, 1.82) is 0 Å². The van der Waals surface area contributed by atoms with E-state index in [9.17, 15) is 4.39 Å². The predicted octanol–water partition coefficient (Wildman–Crippen LogP) is 3.08. The Bertz CT molecular complexity index is 531. The highest BCUT2D eigenvalue weighted by Crippen LogP contribution is 2.25. The number of nitrogens with one attached hydrogen (secondary N) is 1. The Kier molecular flexibility index (Phi) is 4.47. The minimum Gasteiger partial charge on any atom is -0.496 e. The molecule has 100 valence electrons. The standard InChI is InChI=1S/C15H17FN2O/c1-11(18-10-12-4-3-7-17-9-12)14-8-13(16)5-6-15(14)19-2/h3-9,11,18H,10H2,1-2H3. The van der Waals surface area contributed by atoms with Gasteiger partial charge in [0.15, 0.2) is 0 Å². The van der Waals surface area contributed by atoms with Gasteiger partial charge in [0.25, 0.3) is 0 Å². The number of nitrogens with zero attached hydrogens (tertiary/aromatic N) is 1. The van der Waals surface area contributed by atoms with E-state index in [2.05, 4.69) is 10.3 Å². The topological polar surface area (TPSA) is 34.1 Å². The van der Waals surface area contributed by atoms with Crippen LogP contribution in [0.25, 0.3) is 0 Å². The van der Waals surface area contributed by atoms with Gasteiger partial charge in [0.05, 0.1) is 7.11 Å². The molecular formula is C15H17FN2O. The summed E-state index contributed by atoms with van der Waals surface area (Å²) in [4.78, 5) is 4.06. The lowest BCUT2D eigenvalue weighted by atomic mass is 10.1. The predicted molar refractivity (Wildman–Crippen MR) is 72.4 cm³/mol. The van der Waals surface area contributed by atoms with E-state index in [1.807, 2.05) is 25.3 Å². The SMILES string of the molecule is COc1ccc(F)cc1C(C)NCc1cccnc1. The molecule has 1 unspecified atom stereocenters. The van der Waals surface area contributed by atoms with Crippen LogP contribution in [0.3, 0.4) is 0 Å². The van der Waals surface area contributed by atoms with Crippen LogP contribution >= 0.6 is 0 Å². The Morgan fingerprint density at radius 2 is 2.21 bits per heavy atom. The lowest BCUT2D eigenvalue weighted by Gasteiger charge is -2.17. The number of ether oxygens (including phenoxy) is 1. The number of hydrogen-bond donors (Lipinski definition) is 1. The van der Waals surface area contributed by atoms with Crippen molar-refractivity contribution in [3.63, 3.8) is 0 Å². The minimum absolute atomic E-state index is 0.00847. The van der Waals surface area contributed by atoms with Crippen LogP contribution in [0.15, 0.2) is 42.7 Å². The molecule has 1 heterocycles. The van der Waals surface area contributed by atoms with Crippen LogP contribution < -0.4 is 10.1 Å². The highest BCUT2D eigenvalue weighted by molar-refractivity contribution is 5.36. The van der Waals surface area contributed by atoms with Crippen molar-refractivity contribution >= 4 is 0 Å². The first-order valence-electron chi connectivity index (χ1n) is 6.16. The molecule has 0 bridgehead atoms. The molecule has 1 atom stereocenters. The van der Waals surface area contributed by atoms with Crippen molar-refractivity contribution in [1.82, 2.24) is 10.3 Å². The second kappa shape index (κ2) is 6.29. The zero-order valence-electron chi connectivity index (χ0n) is 11.1. The van der Waals surface area contributed by atoms with Crippen molar-refractivity contribution in [3.05, 3.63) is 59.7 Å². The van der Waals surface area contributed by atoms with Gasteiger partial charge in [-0.2, -0.15) is 0 Å². The number of hydrogen-bond acceptors (Lipinski definition) is 3. The van der Waals surface area contributed by atoms with Crippen LogP contribution in [0, 0.1) is 5.82 Å². The molecular weight excluding hydrogens is 243 g/mol. The van der Waals surface area contributed by atoms with Crippen molar-refractivity contribution in [2.45, 2.75) is 19.5 Å². The van der Waals surface area contributed by atoms with Crippen molar-refractivity contribution in [2.75, 3.05) is 7.11 Å². The van der Waals surface area contributed by atoms with Crippen LogP contribution in [0.4, 0.5) is 4.39 Å². The maximum Gasteiger partial charge on any atom is 0.123 e. The quantitative estimate of drug-likeness (QED) is 0.897. The van der Waals surface area contributed by atoms with E-state index in [-0.39, 0.29) is 11.9 Å². The summed E-state index contributed by atoms with van der Waals surface area (Å²) in [6.45, 7) is 2.66. The monoisotopic (exact) mass is 260 g/mol. The van der Waals surface area contributed by atoms with Crippen LogP contribution in [0.2, 0.25) is 0 Å². The fraction of sp³-hybridized carbons (Fsp3) is 0.267. The highest BCUT2D eigenvalue weighted by Gasteiger charge is 2.12. The van der Waals surface area contributed by atoms with E-state index in [0.717, 1.165) is 11.1 Å². The molecule has 1 aromatic carbocycles. The average Bonchev–Trinajstić information content (AvgIpc) is 2.46. The van der Waals surface area contributed by atoms with Gasteiger partial charge in [-0.05, 0) is 36.8 Å². The summed E-state index contributed by atoms with van der Waals surface area (Å²) in [5.41, 5.74) is 1.90. The summed E-state index contributed by atoms with van der Waals surface area (Å²) in [5.74, 6) is 0.429. The van der Waals surface area contributed by atoms with E-state index < -0.39 is 0 Å². The van der Waals surface area contributed by atoms with Gasteiger partial charge in [0.2, 0.25) is 0 Å². The summed E-state index contributed by atoms with van der Waals surface area (Å²) < 4.78 is 18.6. The fourth-order valence-electron chi connectivity index (χ4n) is 1.93. The molecule has 0 aliphatic carbocycles. The minimum atomic E-state index is -0.258. The summed E-state index contributed by atoms with van der Waals surface area (Å²) >= 11 is 0. The smallest absolute Gasteiger partial charge is 0.123 e. The lowest BCUT2D eigenvalue weighted by molar-refractivity contribution is 0.399. The molecule has 0 saturated heterocycles. The summed E-state index contributed by atoms with van der Waals surface area (Å²) in [6, 6.07) is 8.42. The number of rotatable bonds is 5. The maximum absolute atomic E-state index is 13.3. The molecule has 0 fully saturated rings. The third-order valence-electron chi connectivity index (χ3n) is 2.99. The summed E-state index contributed by atoms with van der Waals surface area (Å²) in [7, 11) is 1.59. The lowest BCUT2D eigenvalue weighted by Crippen LogP contribution is -2.19. The van der Waals surface area contributed by atoms with Crippen molar-refractivity contribution < 1.29 is 9.13 Å². The van der Waals surface area contributed by atoms with Gasteiger partial charge in [0.1, 0.15) is 11.6 Å². The first kappa shape index (κ1) is 13.5. The molecule has 0 amide bonds. The highest BCUT2D eigenvalue weighted by atomic mass is 19.1. The third kappa shape index (κ3) is 3.51. The van der Waals surface area contributed by atoms with E-state index in [4.69, 9.17) is 4.74 Å². The van der Waals surface area contributed by atoms with E-state index in [1.165, 1.54) is 12.1 Å². The molecule has 2 aromatic rings. The van der Waals surface area contributed by atoms with Crippen LogP contribution in [-0.4, -0.2) is 12.1 Å². The number of benzene rings is 1. The van der Waals surface area contributed by atoms with Crippen LogP contribution in [0.1, 0.15) is 24.1 Å². The van der Waals surface area contributed by atoms with Crippen LogP contribution in [-0.2, 0) is 6.54 Å². The second-order valence-corrected chi connectivity index (χ2v) is 4.35. The first-order chi connectivity index (χ1) is 9.20. The molecule has 19 heavy (non-hydrogen) atoms. The maximum atomic E-state index is 13.3. The molecule has 2 rings (SSSR count). The molecule has 1 aromatic heterocycles. The van der Waals surface area contributed by atoms with Gasteiger partial charge in [-0.15, -0.1) is 0 Å². The van der Waals surface area contributed by atoms with Gasteiger partial charge < -0.3 is 10.1 Å². The van der Waals surface area contributed by atoms with Gasteiger partial charge >= 0.3 is 0 Å². The Morgan fingerprint density at radius 1 is 1.37 bits per heavy atom. The first-order valence-corrected chi connectivity index (χ1v) is 6.16. The Morgan fingerprint density at radius 3 is 2.89 bits per heavy atom. The Labute approximate surface area is 112 Å². The van der Waals surface area contributed by atoms with Crippen molar-refractivity contribution in [2.24, 2.45) is 0 Å². The number of methoxy groups -OCH3 is 1. The fourth-order valence-corrected chi connectivity index (χ4v) is 1.93. The van der Waals surface area contributed by atoms with Gasteiger partial charge in [-0.3, -0.25) is 4.98 Å². The van der Waals surface area contributed by atoms with Crippen LogP contribution in [0.5, 0.6) is 5.75 Å². The van der Waals surface area contributed by atoms with Gasteiger partial charge in [-0.1, -0.05) is 6.07 Å². The molecule has 3 nitrogen and oxygen atoms in total. The summed E-state index contributed by atoms with van der Waals surface area (Å²) in [5, 5.41) is 3.33. The van der Waals surface area contributed by atoms with E-state index in [1.54, 1.807) is 19.4 Å². The molecule has 0 radical (unpaired) electrons. The summed E-state index contributed by atoms with van der Waals surface area (Å²) in [6.07, 6.45) is 3.55. The zero-order valence-corrected chi connectivity index (χ0v) is 11.1. The number of pyridine rings is 1. The number of aromatic nitrogens is 1. The van der Waals surface area contributed by atoms with E-state index >= 15 is 0 Å². The normalized spacial score (nSPS) is 12.2. The second-order valence-electron chi connectivity index (χ2n) is 4.35. The zero-order chi connectivity index (χ0) is 13.7. The average molecular weight is 260 g/mol. The molecule has 0 saturated carbocycles. The largest absolute Gasteiger partial charge is 0.496 e. The third-order valence-corrected chi connectivity index (χ3v) is 2.99. The van der Waals surface area contributed by atoms with Crippen molar-refractivity contribution in [3.8, 4) is 5.75 Å². The Hall–Kier alpha value is -1.94. The molecule has 1 N–H and O–H groups in total. The Balaban J connectivity index is 2.07. The van der Waals surface area contributed by atoms with Gasteiger partial charge in [0, 0.05) is 30.5 Å². The molecule has 0 spiro atoms. The molecule has 0 aliphatic heterocycles.